The zero-order chi connectivity index (χ0) is 15.2. The number of methoxy groups -OCH3 is 2. The summed E-state index contributed by atoms with van der Waals surface area (Å²) in [5, 5.41) is 9.36. The Labute approximate surface area is 127 Å². The molecule has 2 aliphatic rings. The predicted octanol–water partition coefficient (Wildman–Crippen LogP) is 2.33. The minimum Gasteiger partial charge on any atom is -0.493 e. The molecule has 0 amide bonds. The second kappa shape index (κ2) is 7.48. The first-order valence-corrected chi connectivity index (χ1v) is 7.39. The predicted molar refractivity (Wildman–Crippen MR) is 83.8 cm³/mol. The molecule has 116 valence electrons. The maximum Gasteiger partial charge on any atom is 0.160 e. The molecule has 1 saturated heterocycles. The van der Waals surface area contributed by atoms with Crippen molar-refractivity contribution in [3.63, 3.8) is 0 Å². The maximum atomic E-state index is 9.36. The van der Waals surface area contributed by atoms with Gasteiger partial charge in [-0.25, -0.2) is 0 Å². The largest absolute Gasteiger partial charge is 0.493 e. The fraction of sp³-hybridized carbons (Fsp3) is 0.529. The van der Waals surface area contributed by atoms with Gasteiger partial charge in [-0.15, -0.1) is 0 Å². The van der Waals surface area contributed by atoms with E-state index >= 15 is 0 Å². The van der Waals surface area contributed by atoms with Crippen LogP contribution in [0.1, 0.15) is 12.8 Å². The van der Waals surface area contributed by atoms with E-state index in [9.17, 15) is 5.11 Å². The first-order valence-electron chi connectivity index (χ1n) is 7.39. The molecule has 3 atom stereocenters. The molecule has 1 aromatic rings. The second-order valence-electron chi connectivity index (χ2n) is 5.54. The standard InChI is InChI=1S/C9H15NO.C8H10O2/c1-10-5-4-7-2-3-8(11)6-9(7)10;1-9-7-5-3-4-6-8(7)10-2/h2-3,7-9,11H,4-6H2,1H3;3-6H,1-2H3. The summed E-state index contributed by atoms with van der Waals surface area (Å²) in [5.41, 5.74) is 0. The van der Waals surface area contributed by atoms with Crippen LogP contribution in [-0.4, -0.2) is 50.0 Å². The highest BCUT2D eigenvalue weighted by Gasteiger charge is 2.33. The van der Waals surface area contributed by atoms with Crippen LogP contribution in [-0.2, 0) is 0 Å². The van der Waals surface area contributed by atoms with Crippen LogP contribution in [0.5, 0.6) is 11.5 Å². The molecule has 1 N–H and O–H groups in total. The van der Waals surface area contributed by atoms with Gasteiger partial charge in [0.2, 0.25) is 0 Å². The fourth-order valence-electron chi connectivity index (χ4n) is 3.00. The Morgan fingerprint density at radius 2 is 1.71 bits per heavy atom. The molecule has 0 radical (unpaired) electrons. The summed E-state index contributed by atoms with van der Waals surface area (Å²) in [4.78, 5) is 2.36. The lowest BCUT2D eigenvalue weighted by molar-refractivity contribution is 0.147. The number of aliphatic hydroxyl groups excluding tert-OH is 1. The van der Waals surface area contributed by atoms with Crippen LogP contribution >= 0.6 is 0 Å². The van der Waals surface area contributed by atoms with Crippen molar-refractivity contribution in [1.29, 1.82) is 0 Å². The van der Waals surface area contributed by atoms with Crippen LogP contribution in [0.25, 0.3) is 0 Å². The summed E-state index contributed by atoms with van der Waals surface area (Å²) in [7, 11) is 5.40. The van der Waals surface area contributed by atoms with Gasteiger partial charge in [-0.1, -0.05) is 24.3 Å². The molecule has 4 heteroatoms. The minimum absolute atomic E-state index is 0.197. The monoisotopic (exact) mass is 291 g/mol. The van der Waals surface area contributed by atoms with E-state index in [2.05, 4.69) is 18.0 Å². The highest BCUT2D eigenvalue weighted by atomic mass is 16.5. The van der Waals surface area contributed by atoms with Crippen molar-refractivity contribution in [3.8, 4) is 11.5 Å². The number of nitrogens with zero attached hydrogens (tertiary/aromatic N) is 1. The Balaban J connectivity index is 0.000000155. The van der Waals surface area contributed by atoms with Gasteiger partial charge in [-0.2, -0.15) is 0 Å². The van der Waals surface area contributed by atoms with Crippen LogP contribution in [0.4, 0.5) is 0 Å². The molecule has 1 heterocycles. The Morgan fingerprint density at radius 3 is 2.29 bits per heavy atom. The van der Waals surface area contributed by atoms with Crippen molar-refractivity contribution in [3.05, 3.63) is 36.4 Å². The van der Waals surface area contributed by atoms with E-state index in [1.807, 2.05) is 30.3 Å². The number of aliphatic hydroxyl groups is 1. The van der Waals surface area contributed by atoms with Gasteiger partial charge in [0.05, 0.1) is 20.3 Å². The molecule has 3 rings (SSSR count). The van der Waals surface area contributed by atoms with E-state index in [-0.39, 0.29) is 6.10 Å². The van der Waals surface area contributed by atoms with E-state index in [1.165, 1.54) is 13.0 Å². The van der Waals surface area contributed by atoms with Gasteiger partial charge in [0.1, 0.15) is 0 Å². The lowest BCUT2D eigenvalue weighted by Crippen LogP contribution is -2.34. The summed E-state index contributed by atoms with van der Waals surface area (Å²) in [6, 6.07) is 8.13. The lowest BCUT2D eigenvalue weighted by Gasteiger charge is -2.28. The van der Waals surface area contributed by atoms with Crippen LogP contribution in [0.2, 0.25) is 0 Å². The summed E-state index contributed by atoms with van der Waals surface area (Å²) in [6.07, 6.45) is 6.13. The molecule has 0 spiro atoms. The average Bonchev–Trinajstić information content (AvgIpc) is 2.88. The van der Waals surface area contributed by atoms with E-state index < -0.39 is 0 Å². The fourth-order valence-corrected chi connectivity index (χ4v) is 3.00. The van der Waals surface area contributed by atoms with E-state index in [1.54, 1.807) is 14.2 Å². The highest BCUT2D eigenvalue weighted by Crippen LogP contribution is 2.30. The molecule has 21 heavy (non-hydrogen) atoms. The number of rotatable bonds is 2. The van der Waals surface area contributed by atoms with Gasteiger partial charge in [0.15, 0.2) is 11.5 Å². The number of ether oxygens (including phenoxy) is 2. The van der Waals surface area contributed by atoms with Crippen molar-refractivity contribution in [1.82, 2.24) is 4.90 Å². The van der Waals surface area contributed by atoms with Gasteiger partial charge in [0.25, 0.3) is 0 Å². The molecule has 1 aromatic carbocycles. The molecule has 1 aliphatic heterocycles. The number of benzene rings is 1. The van der Waals surface area contributed by atoms with Gasteiger partial charge < -0.3 is 19.5 Å². The summed E-state index contributed by atoms with van der Waals surface area (Å²) >= 11 is 0. The third kappa shape index (κ3) is 3.99. The van der Waals surface area contributed by atoms with Gasteiger partial charge in [0, 0.05) is 6.04 Å². The molecular weight excluding hydrogens is 266 g/mol. The lowest BCUT2D eigenvalue weighted by atomic mass is 9.90. The van der Waals surface area contributed by atoms with E-state index in [4.69, 9.17) is 9.47 Å². The topological polar surface area (TPSA) is 41.9 Å². The van der Waals surface area contributed by atoms with E-state index in [0.29, 0.717) is 12.0 Å². The Bertz CT molecular complexity index is 452. The number of para-hydroxylation sites is 2. The van der Waals surface area contributed by atoms with Crippen molar-refractivity contribution in [2.45, 2.75) is 25.0 Å². The molecular formula is C17H25NO3. The van der Waals surface area contributed by atoms with Crippen molar-refractivity contribution in [2.75, 3.05) is 27.8 Å². The molecule has 3 unspecified atom stereocenters. The first kappa shape index (κ1) is 15.9. The van der Waals surface area contributed by atoms with Gasteiger partial charge in [-0.05, 0) is 44.5 Å². The van der Waals surface area contributed by atoms with Gasteiger partial charge >= 0.3 is 0 Å². The number of likely N-dealkylation sites (tertiary alicyclic amines) is 1. The van der Waals surface area contributed by atoms with Crippen molar-refractivity contribution in [2.24, 2.45) is 5.92 Å². The highest BCUT2D eigenvalue weighted by molar-refractivity contribution is 5.39. The molecule has 0 saturated carbocycles. The summed E-state index contributed by atoms with van der Waals surface area (Å²) in [6.45, 7) is 1.19. The zero-order valence-electron chi connectivity index (χ0n) is 13.0. The Kier molecular flexibility index (Phi) is 5.65. The van der Waals surface area contributed by atoms with Crippen LogP contribution in [0, 0.1) is 5.92 Å². The number of hydrogen-bond acceptors (Lipinski definition) is 4. The number of hydrogen-bond donors (Lipinski definition) is 1. The van der Waals surface area contributed by atoms with E-state index in [0.717, 1.165) is 17.9 Å². The zero-order valence-corrected chi connectivity index (χ0v) is 13.0. The van der Waals surface area contributed by atoms with Crippen LogP contribution in [0.3, 0.4) is 0 Å². The summed E-state index contributed by atoms with van der Waals surface area (Å²) in [5.74, 6) is 2.25. The summed E-state index contributed by atoms with van der Waals surface area (Å²) < 4.78 is 10.0. The third-order valence-corrected chi connectivity index (χ3v) is 4.23. The molecule has 0 bridgehead atoms. The smallest absolute Gasteiger partial charge is 0.160 e. The molecule has 4 nitrogen and oxygen atoms in total. The third-order valence-electron chi connectivity index (χ3n) is 4.23. The Morgan fingerprint density at radius 1 is 1.10 bits per heavy atom. The quantitative estimate of drug-likeness (QED) is 0.849. The second-order valence-corrected chi connectivity index (χ2v) is 5.54. The van der Waals surface area contributed by atoms with Crippen LogP contribution < -0.4 is 9.47 Å². The van der Waals surface area contributed by atoms with Crippen molar-refractivity contribution >= 4 is 0 Å². The molecule has 1 fully saturated rings. The average molecular weight is 291 g/mol. The Hall–Kier alpha value is -1.52. The maximum absolute atomic E-state index is 9.36. The molecule has 1 aliphatic carbocycles. The number of fused-ring (bicyclic) bond motifs is 1. The first-order chi connectivity index (χ1) is 10.2. The SMILES string of the molecule is CN1CCC2C=CC(O)CC21.COc1ccccc1OC. The van der Waals surface area contributed by atoms with Crippen LogP contribution in [0.15, 0.2) is 36.4 Å². The molecule has 0 aromatic heterocycles. The van der Waals surface area contributed by atoms with Gasteiger partial charge in [-0.3, -0.25) is 0 Å². The minimum atomic E-state index is -0.197. The normalized spacial score (nSPS) is 27.5. The van der Waals surface area contributed by atoms with Crippen molar-refractivity contribution < 1.29 is 14.6 Å².